The molecular weight excluding hydrogens is 186 g/mol. The van der Waals surface area contributed by atoms with Gasteiger partial charge in [-0.1, -0.05) is 11.6 Å². The molecule has 0 saturated heterocycles. The second-order valence-electron chi connectivity index (χ2n) is 2.68. The highest BCUT2D eigenvalue weighted by atomic mass is 35.5. The second-order valence-corrected chi connectivity index (χ2v) is 3.08. The number of halogens is 1. The summed E-state index contributed by atoms with van der Waals surface area (Å²) in [6.45, 7) is 1.80. The molecule has 0 aliphatic carbocycles. The van der Waals surface area contributed by atoms with Crippen molar-refractivity contribution >= 4 is 23.0 Å². The Hall–Kier alpha value is -1.53. The van der Waals surface area contributed by atoms with Gasteiger partial charge in [0.1, 0.15) is 11.8 Å². The van der Waals surface area contributed by atoms with Crippen molar-refractivity contribution in [2.24, 2.45) is 0 Å². The van der Waals surface area contributed by atoms with Crippen molar-refractivity contribution in [1.29, 1.82) is 10.7 Å². The quantitative estimate of drug-likeness (QED) is 0.530. The van der Waals surface area contributed by atoms with Crippen LogP contribution in [0.15, 0.2) is 12.1 Å². The van der Waals surface area contributed by atoms with E-state index in [0.717, 1.165) is 5.56 Å². The standard InChI is InChI=1S/C9H8ClN3/c1-5-2-6(9(13)4-11)8(12)3-7(5)10/h2-3,13H,12H2,1H3. The van der Waals surface area contributed by atoms with E-state index in [1.165, 1.54) is 0 Å². The lowest BCUT2D eigenvalue weighted by molar-refractivity contribution is 1.42. The first-order valence-corrected chi connectivity index (χ1v) is 3.98. The molecule has 1 aromatic carbocycles. The molecule has 0 fully saturated rings. The van der Waals surface area contributed by atoms with E-state index in [4.69, 9.17) is 28.0 Å². The molecule has 0 heterocycles. The third-order valence-electron chi connectivity index (χ3n) is 1.71. The van der Waals surface area contributed by atoms with E-state index in [9.17, 15) is 0 Å². The Kier molecular flexibility index (Phi) is 2.54. The van der Waals surface area contributed by atoms with Crippen LogP contribution in [0.3, 0.4) is 0 Å². The van der Waals surface area contributed by atoms with E-state index in [2.05, 4.69) is 0 Å². The molecule has 0 unspecified atom stereocenters. The normalized spacial score (nSPS) is 9.31. The van der Waals surface area contributed by atoms with Crippen LogP contribution in [0.5, 0.6) is 0 Å². The number of benzene rings is 1. The van der Waals surface area contributed by atoms with Crippen molar-refractivity contribution in [1.82, 2.24) is 0 Å². The van der Waals surface area contributed by atoms with Gasteiger partial charge in [0, 0.05) is 16.3 Å². The number of nitrogens with one attached hydrogen (secondary N) is 1. The average Bonchev–Trinajstić information content (AvgIpc) is 2.10. The summed E-state index contributed by atoms with van der Waals surface area (Å²) in [5, 5.41) is 16.4. The van der Waals surface area contributed by atoms with E-state index < -0.39 is 0 Å². The molecule has 13 heavy (non-hydrogen) atoms. The third kappa shape index (κ3) is 1.79. The number of hydrogen-bond acceptors (Lipinski definition) is 3. The lowest BCUT2D eigenvalue weighted by Gasteiger charge is -2.04. The first-order chi connectivity index (χ1) is 6.06. The van der Waals surface area contributed by atoms with Gasteiger partial charge in [-0.3, -0.25) is 5.41 Å². The summed E-state index contributed by atoms with van der Waals surface area (Å²) in [6.07, 6.45) is 0. The molecule has 0 aliphatic rings. The molecule has 66 valence electrons. The molecule has 4 heteroatoms. The van der Waals surface area contributed by atoms with E-state index in [0.29, 0.717) is 16.3 Å². The first kappa shape index (κ1) is 9.56. The molecule has 0 spiro atoms. The fourth-order valence-electron chi connectivity index (χ4n) is 0.974. The van der Waals surface area contributed by atoms with Crippen LogP contribution in [0.25, 0.3) is 0 Å². The Balaban J connectivity index is 3.33. The summed E-state index contributed by atoms with van der Waals surface area (Å²) >= 11 is 5.80. The minimum atomic E-state index is -0.141. The largest absolute Gasteiger partial charge is 0.398 e. The van der Waals surface area contributed by atoms with Crippen molar-refractivity contribution < 1.29 is 0 Å². The van der Waals surface area contributed by atoms with Crippen LogP contribution in [-0.4, -0.2) is 5.71 Å². The molecule has 1 rings (SSSR count). The van der Waals surface area contributed by atoms with Crippen LogP contribution in [0, 0.1) is 23.7 Å². The van der Waals surface area contributed by atoms with Crippen molar-refractivity contribution in [2.45, 2.75) is 6.92 Å². The van der Waals surface area contributed by atoms with Gasteiger partial charge in [0.2, 0.25) is 0 Å². The van der Waals surface area contributed by atoms with Crippen LogP contribution >= 0.6 is 11.6 Å². The number of nitrogen functional groups attached to an aromatic ring is 1. The molecule has 0 atom stereocenters. The summed E-state index contributed by atoms with van der Waals surface area (Å²) in [6, 6.07) is 4.92. The number of hydrogen-bond donors (Lipinski definition) is 2. The smallest absolute Gasteiger partial charge is 0.141 e. The lowest BCUT2D eigenvalue weighted by Crippen LogP contribution is -2.01. The number of nitrogens with zero attached hydrogens (tertiary/aromatic N) is 1. The molecule has 0 bridgehead atoms. The van der Waals surface area contributed by atoms with Gasteiger partial charge in [0.05, 0.1) is 0 Å². The minimum absolute atomic E-state index is 0.141. The predicted octanol–water partition coefficient (Wildman–Crippen LogP) is 2.12. The number of nitrogens with two attached hydrogens (primary N) is 1. The summed E-state index contributed by atoms with van der Waals surface area (Å²) in [7, 11) is 0. The molecule has 1 aromatic rings. The maximum Gasteiger partial charge on any atom is 0.141 e. The highest BCUT2D eigenvalue weighted by molar-refractivity contribution is 6.32. The number of nitriles is 1. The van der Waals surface area contributed by atoms with Gasteiger partial charge >= 0.3 is 0 Å². The van der Waals surface area contributed by atoms with Crippen molar-refractivity contribution in [3.8, 4) is 6.07 Å². The van der Waals surface area contributed by atoms with Gasteiger partial charge in [0.25, 0.3) is 0 Å². The van der Waals surface area contributed by atoms with E-state index in [1.54, 1.807) is 25.1 Å². The van der Waals surface area contributed by atoms with Crippen molar-refractivity contribution in [3.05, 3.63) is 28.3 Å². The average molecular weight is 194 g/mol. The van der Waals surface area contributed by atoms with Gasteiger partial charge in [-0.2, -0.15) is 5.26 Å². The summed E-state index contributed by atoms with van der Waals surface area (Å²) in [5.74, 6) is 0. The van der Waals surface area contributed by atoms with E-state index in [-0.39, 0.29) is 5.71 Å². The fourth-order valence-corrected chi connectivity index (χ4v) is 1.15. The molecule has 0 radical (unpaired) electrons. The number of rotatable bonds is 1. The molecule has 0 amide bonds. The second kappa shape index (κ2) is 3.46. The summed E-state index contributed by atoms with van der Waals surface area (Å²) < 4.78 is 0. The predicted molar refractivity (Wildman–Crippen MR) is 53.0 cm³/mol. The first-order valence-electron chi connectivity index (χ1n) is 3.61. The van der Waals surface area contributed by atoms with Gasteiger partial charge in [-0.15, -0.1) is 0 Å². The Bertz CT molecular complexity index is 404. The van der Waals surface area contributed by atoms with Crippen LogP contribution in [0.2, 0.25) is 5.02 Å². The minimum Gasteiger partial charge on any atom is -0.398 e. The SMILES string of the molecule is Cc1cc(C(=N)C#N)c(N)cc1Cl. The van der Waals surface area contributed by atoms with E-state index >= 15 is 0 Å². The van der Waals surface area contributed by atoms with Crippen molar-refractivity contribution in [3.63, 3.8) is 0 Å². The fraction of sp³-hybridized carbons (Fsp3) is 0.111. The topological polar surface area (TPSA) is 73.7 Å². The zero-order valence-electron chi connectivity index (χ0n) is 7.06. The van der Waals surface area contributed by atoms with Gasteiger partial charge in [-0.25, -0.2) is 0 Å². The molecule has 0 saturated carbocycles. The lowest BCUT2D eigenvalue weighted by atomic mass is 10.1. The van der Waals surface area contributed by atoms with Crippen LogP contribution < -0.4 is 5.73 Å². The van der Waals surface area contributed by atoms with Crippen LogP contribution in [0.4, 0.5) is 5.69 Å². The molecule has 3 N–H and O–H groups in total. The maximum atomic E-state index is 8.51. The highest BCUT2D eigenvalue weighted by Crippen LogP contribution is 2.22. The Labute approximate surface area is 81.2 Å². The number of aryl methyl sites for hydroxylation is 1. The molecule has 0 aromatic heterocycles. The molecule has 0 aliphatic heterocycles. The maximum absolute atomic E-state index is 8.51. The Morgan fingerprint density at radius 1 is 1.62 bits per heavy atom. The number of anilines is 1. The van der Waals surface area contributed by atoms with E-state index in [1.807, 2.05) is 0 Å². The Morgan fingerprint density at radius 3 is 2.77 bits per heavy atom. The van der Waals surface area contributed by atoms with Gasteiger partial charge in [0.15, 0.2) is 0 Å². The molecular formula is C9H8ClN3. The monoisotopic (exact) mass is 193 g/mol. The summed E-state index contributed by atoms with van der Waals surface area (Å²) in [4.78, 5) is 0. The van der Waals surface area contributed by atoms with Gasteiger partial charge < -0.3 is 5.73 Å². The molecule has 3 nitrogen and oxygen atoms in total. The zero-order valence-corrected chi connectivity index (χ0v) is 7.81. The third-order valence-corrected chi connectivity index (χ3v) is 2.12. The van der Waals surface area contributed by atoms with Crippen molar-refractivity contribution in [2.75, 3.05) is 5.73 Å². The van der Waals surface area contributed by atoms with Crippen LogP contribution in [-0.2, 0) is 0 Å². The van der Waals surface area contributed by atoms with Gasteiger partial charge in [-0.05, 0) is 24.6 Å². The van der Waals surface area contributed by atoms with Crippen LogP contribution in [0.1, 0.15) is 11.1 Å². The highest BCUT2D eigenvalue weighted by Gasteiger charge is 2.07. The Morgan fingerprint density at radius 2 is 2.23 bits per heavy atom. The summed E-state index contributed by atoms with van der Waals surface area (Å²) in [5.41, 5.74) is 7.06. The zero-order chi connectivity index (χ0) is 10.0.